The highest BCUT2D eigenvalue weighted by Gasteiger charge is 2.16. The predicted octanol–water partition coefficient (Wildman–Crippen LogP) is 5.09. The minimum absolute atomic E-state index is 0.261. The molecule has 0 saturated heterocycles. The molecule has 5 aromatic rings. The van der Waals surface area contributed by atoms with Crippen LogP contribution in [-0.4, -0.2) is 22.8 Å². The summed E-state index contributed by atoms with van der Waals surface area (Å²) in [6.07, 6.45) is 3.29. The van der Waals surface area contributed by atoms with Gasteiger partial charge in [0, 0.05) is 23.0 Å². The number of hydrogen-bond donors (Lipinski definition) is 1. The number of anilines is 1. The maximum absolute atomic E-state index is 12.8. The number of carbonyl (C=O) groups excluding carboxylic acids is 1. The van der Waals surface area contributed by atoms with Crippen LogP contribution in [0.2, 0.25) is 0 Å². The molecule has 1 N–H and O–H groups in total. The average Bonchev–Trinajstić information content (AvgIpc) is 3.38. The number of furan rings is 1. The Kier molecular flexibility index (Phi) is 4.44. The lowest BCUT2D eigenvalue weighted by Crippen LogP contribution is -2.12. The van der Waals surface area contributed by atoms with Crippen LogP contribution in [0.1, 0.15) is 15.9 Å². The van der Waals surface area contributed by atoms with Gasteiger partial charge in [-0.1, -0.05) is 48.5 Å². The van der Waals surface area contributed by atoms with Crippen molar-refractivity contribution < 1.29 is 13.9 Å². The summed E-state index contributed by atoms with van der Waals surface area (Å²) in [7, 11) is 1.58. The molecule has 6 heteroatoms. The van der Waals surface area contributed by atoms with E-state index in [-0.39, 0.29) is 5.91 Å². The number of amides is 1. The molecule has 2 heterocycles. The Morgan fingerprint density at radius 1 is 1.03 bits per heavy atom. The first-order chi connectivity index (χ1) is 14.7. The maximum atomic E-state index is 12.8. The lowest BCUT2D eigenvalue weighted by molar-refractivity contribution is 0.102. The van der Waals surface area contributed by atoms with Crippen LogP contribution in [-0.2, 0) is 6.54 Å². The quantitative estimate of drug-likeness (QED) is 0.448. The van der Waals surface area contributed by atoms with Crippen LogP contribution < -0.4 is 10.1 Å². The standard InChI is InChI=1S/C24H19N3O3/c1-29-23-11-19-18-9-5-6-10-21(18)30-22(19)12-20(23)26-24(28)17-13-25-27(15-17)14-16-7-3-2-4-8-16/h2-13,15H,14H2,1H3,(H,26,28). The van der Waals surface area contributed by atoms with Gasteiger partial charge in [0.1, 0.15) is 16.9 Å². The minimum atomic E-state index is -0.261. The fourth-order valence-corrected chi connectivity index (χ4v) is 3.55. The van der Waals surface area contributed by atoms with E-state index < -0.39 is 0 Å². The van der Waals surface area contributed by atoms with Crippen molar-refractivity contribution in [3.05, 3.63) is 90.3 Å². The molecule has 0 atom stereocenters. The molecular weight excluding hydrogens is 378 g/mol. The van der Waals surface area contributed by atoms with Crippen molar-refractivity contribution in [1.29, 1.82) is 0 Å². The van der Waals surface area contributed by atoms with E-state index in [0.29, 0.717) is 29.1 Å². The van der Waals surface area contributed by atoms with E-state index in [9.17, 15) is 4.79 Å². The molecule has 0 fully saturated rings. The Hall–Kier alpha value is -4.06. The number of ether oxygens (including phenoxy) is 1. The number of methoxy groups -OCH3 is 1. The van der Waals surface area contributed by atoms with Gasteiger partial charge in [-0.15, -0.1) is 0 Å². The topological polar surface area (TPSA) is 69.3 Å². The number of fused-ring (bicyclic) bond motifs is 3. The number of aromatic nitrogens is 2. The van der Waals surface area contributed by atoms with Crippen LogP contribution >= 0.6 is 0 Å². The summed E-state index contributed by atoms with van der Waals surface area (Å²) in [4.78, 5) is 12.8. The number of benzene rings is 3. The van der Waals surface area contributed by atoms with Gasteiger partial charge in [-0.05, 0) is 17.7 Å². The van der Waals surface area contributed by atoms with E-state index in [1.165, 1.54) is 0 Å². The first-order valence-electron chi connectivity index (χ1n) is 9.58. The molecule has 0 saturated carbocycles. The van der Waals surface area contributed by atoms with Crippen molar-refractivity contribution >= 4 is 33.5 Å². The van der Waals surface area contributed by atoms with E-state index in [0.717, 1.165) is 21.9 Å². The molecule has 6 nitrogen and oxygen atoms in total. The van der Waals surface area contributed by atoms with Gasteiger partial charge in [0.15, 0.2) is 0 Å². The first kappa shape index (κ1) is 18.0. The van der Waals surface area contributed by atoms with Crippen LogP contribution in [0.3, 0.4) is 0 Å². The Morgan fingerprint density at radius 2 is 1.83 bits per heavy atom. The number of para-hydroxylation sites is 1. The van der Waals surface area contributed by atoms with Crippen LogP contribution in [0.5, 0.6) is 5.75 Å². The molecule has 0 aliphatic rings. The molecule has 1 amide bonds. The highest BCUT2D eigenvalue weighted by molar-refractivity contribution is 6.09. The summed E-state index contributed by atoms with van der Waals surface area (Å²) in [5.41, 5.74) is 3.61. The van der Waals surface area contributed by atoms with Crippen LogP contribution in [0, 0.1) is 0 Å². The van der Waals surface area contributed by atoms with Crippen molar-refractivity contribution in [1.82, 2.24) is 9.78 Å². The summed E-state index contributed by atoms with van der Waals surface area (Å²) < 4.78 is 13.2. The zero-order valence-corrected chi connectivity index (χ0v) is 16.3. The molecule has 30 heavy (non-hydrogen) atoms. The lowest BCUT2D eigenvalue weighted by Gasteiger charge is -2.09. The number of rotatable bonds is 5. The van der Waals surface area contributed by atoms with E-state index in [4.69, 9.17) is 9.15 Å². The molecular formula is C24H19N3O3. The monoisotopic (exact) mass is 397 g/mol. The normalized spacial score (nSPS) is 11.1. The molecule has 0 bridgehead atoms. The van der Waals surface area contributed by atoms with Crippen molar-refractivity contribution in [2.75, 3.05) is 12.4 Å². The molecule has 0 spiro atoms. The third kappa shape index (κ3) is 3.28. The second-order valence-electron chi connectivity index (χ2n) is 7.01. The van der Waals surface area contributed by atoms with Crippen molar-refractivity contribution in [2.24, 2.45) is 0 Å². The maximum Gasteiger partial charge on any atom is 0.258 e. The highest BCUT2D eigenvalue weighted by atomic mass is 16.5. The van der Waals surface area contributed by atoms with Crippen LogP contribution in [0.25, 0.3) is 21.9 Å². The summed E-state index contributed by atoms with van der Waals surface area (Å²) in [5.74, 6) is 0.308. The Morgan fingerprint density at radius 3 is 2.67 bits per heavy atom. The zero-order chi connectivity index (χ0) is 20.5. The van der Waals surface area contributed by atoms with Gasteiger partial charge in [0.05, 0.1) is 31.1 Å². The lowest BCUT2D eigenvalue weighted by atomic mass is 10.1. The Balaban J connectivity index is 1.42. The fourth-order valence-electron chi connectivity index (χ4n) is 3.55. The summed E-state index contributed by atoms with van der Waals surface area (Å²) in [6, 6.07) is 21.5. The highest BCUT2D eigenvalue weighted by Crippen LogP contribution is 2.36. The summed E-state index contributed by atoms with van der Waals surface area (Å²) in [5, 5.41) is 9.16. The molecule has 2 aromatic heterocycles. The minimum Gasteiger partial charge on any atom is -0.495 e. The smallest absolute Gasteiger partial charge is 0.258 e. The molecule has 0 unspecified atom stereocenters. The van der Waals surface area contributed by atoms with E-state index in [1.807, 2.05) is 60.7 Å². The van der Waals surface area contributed by atoms with Crippen molar-refractivity contribution in [3.8, 4) is 5.75 Å². The van der Waals surface area contributed by atoms with Crippen molar-refractivity contribution in [3.63, 3.8) is 0 Å². The van der Waals surface area contributed by atoms with Crippen molar-refractivity contribution in [2.45, 2.75) is 6.54 Å². The number of carbonyl (C=O) groups is 1. The van der Waals surface area contributed by atoms with Gasteiger partial charge in [-0.25, -0.2) is 0 Å². The molecule has 148 valence electrons. The van der Waals surface area contributed by atoms with Gasteiger partial charge in [0.25, 0.3) is 5.91 Å². The van der Waals surface area contributed by atoms with E-state index in [2.05, 4.69) is 10.4 Å². The molecule has 3 aromatic carbocycles. The second kappa shape index (κ2) is 7.40. The molecule has 5 rings (SSSR count). The third-order valence-corrected chi connectivity index (χ3v) is 5.03. The fraction of sp³-hybridized carbons (Fsp3) is 0.0833. The number of hydrogen-bond acceptors (Lipinski definition) is 4. The van der Waals surface area contributed by atoms with Gasteiger partial charge in [0.2, 0.25) is 0 Å². The number of nitrogens with zero attached hydrogens (tertiary/aromatic N) is 2. The van der Waals surface area contributed by atoms with Crippen LogP contribution in [0.4, 0.5) is 5.69 Å². The second-order valence-corrected chi connectivity index (χ2v) is 7.01. The first-order valence-corrected chi connectivity index (χ1v) is 9.58. The largest absolute Gasteiger partial charge is 0.495 e. The molecule has 0 radical (unpaired) electrons. The molecule has 0 aliphatic heterocycles. The van der Waals surface area contributed by atoms with Gasteiger partial charge < -0.3 is 14.5 Å². The van der Waals surface area contributed by atoms with E-state index in [1.54, 1.807) is 30.3 Å². The predicted molar refractivity (Wildman–Crippen MR) is 116 cm³/mol. The van der Waals surface area contributed by atoms with Gasteiger partial charge >= 0.3 is 0 Å². The average molecular weight is 397 g/mol. The molecule has 0 aliphatic carbocycles. The van der Waals surface area contributed by atoms with Gasteiger partial charge in [-0.3, -0.25) is 9.48 Å². The summed E-state index contributed by atoms with van der Waals surface area (Å²) >= 11 is 0. The van der Waals surface area contributed by atoms with Crippen LogP contribution in [0.15, 0.2) is 83.5 Å². The number of nitrogens with one attached hydrogen (secondary N) is 1. The zero-order valence-electron chi connectivity index (χ0n) is 16.3. The van der Waals surface area contributed by atoms with Gasteiger partial charge in [-0.2, -0.15) is 5.10 Å². The Labute approximate surface area is 172 Å². The Bertz CT molecular complexity index is 1350. The SMILES string of the molecule is COc1cc2c(cc1NC(=O)c1cnn(Cc3ccccc3)c1)oc1ccccc12. The van der Waals surface area contributed by atoms with E-state index >= 15 is 0 Å². The third-order valence-electron chi connectivity index (χ3n) is 5.03. The summed E-state index contributed by atoms with van der Waals surface area (Å²) in [6.45, 7) is 0.600.